The van der Waals surface area contributed by atoms with Gasteiger partial charge in [-0.15, -0.1) is 0 Å². The van der Waals surface area contributed by atoms with E-state index in [9.17, 15) is 96.6 Å². The maximum atomic E-state index is 14.4. The Labute approximate surface area is 209 Å². The van der Waals surface area contributed by atoms with E-state index in [2.05, 4.69) is 9.47 Å². The highest BCUT2D eigenvalue weighted by Crippen LogP contribution is 2.59. The van der Waals surface area contributed by atoms with E-state index in [0.717, 1.165) is 4.74 Å². The van der Waals surface area contributed by atoms with Crippen molar-refractivity contribution in [3.8, 4) is 0 Å². The van der Waals surface area contributed by atoms with Crippen molar-refractivity contribution in [2.45, 2.75) is 85.7 Å². The summed E-state index contributed by atoms with van der Waals surface area (Å²) in [5.41, 5.74) is 0. The first kappa shape index (κ1) is 37.3. The molecule has 0 aromatic carbocycles. The summed E-state index contributed by atoms with van der Waals surface area (Å²) in [6, 6.07) is 0. The fourth-order valence-electron chi connectivity index (χ4n) is 2.61. The average molecular weight is 670 g/mol. The van der Waals surface area contributed by atoms with Crippen LogP contribution in [0.5, 0.6) is 0 Å². The van der Waals surface area contributed by atoms with Gasteiger partial charge >= 0.3 is 60.3 Å². The average Bonchev–Trinajstić information content (AvgIpc) is 3.25. The van der Waals surface area contributed by atoms with Crippen LogP contribution in [-0.2, 0) is 18.9 Å². The maximum Gasteiger partial charge on any atom is 0.462 e. The van der Waals surface area contributed by atoms with Gasteiger partial charge in [-0.2, -0.15) is 83.4 Å². The predicted molar refractivity (Wildman–Crippen MR) is 77.7 cm³/mol. The van der Waals surface area contributed by atoms with Crippen LogP contribution >= 0.6 is 0 Å². The molecule has 1 saturated heterocycles. The van der Waals surface area contributed by atoms with E-state index in [-0.39, 0.29) is 0 Å². The second kappa shape index (κ2) is 10.5. The molecule has 0 aromatic heterocycles. The molecule has 26 heteroatoms. The van der Waals surface area contributed by atoms with Gasteiger partial charge in [0.1, 0.15) is 6.10 Å². The Bertz CT molecular complexity index is 906. The molecule has 1 rings (SSSR count). The molecule has 0 radical (unpaired) electrons. The molecular weight excluding hydrogens is 662 g/mol. The molecule has 0 amide bonds. The van der Waals surface area contributed by atoms with Gasteiger partial charge < -0.3 is 4.74 Å². The van der Waals surface area contributed by atoms with Gasteiger partial charge in [0.25, 0.3) is 6.43 Å². The number of rotatable bonds is 11. The lowest BCUT2D eigenvalue weighted by Gasteiger charge is -2.43. The van der Waals surface area contributed by atoms with Crippen LogP contribution in [0.4, 0.5) is 96.6 Å². The van der Waals surface area contributed by atoms with Gasteiger partial charge in [0.15, 0.2) is 0 Å². The van der Waals surface area contributed by atoms with Gasteiger partial charge in [0, 0.05) is 6.61 Å². The van der Waals surface area contributed by atoms with Crippen LogP contribution in [0.15, 0.2) is 0 Å². The molecule has 4 unspecified atom stereocenters. The van der Waals surface area contributed by atoms with E-state index in [1.165, 1.54) is 4.74 Å². The largest absolute Gasteiger partial charge is 0.462 e. The molecule has 0 aliphatic carbocycles. The summed E-state index contributed by atoms with van der Waals surface area (Å²) in [6.07, 6.45) is -58.7. The number of ether oxygens (including phenoxy) is 4. The van der Waals surface area contributed by atoms with Gasteiger partial charge in [-0.25, -0.2) is 13.2 Å². The van der Waals surface area contributed by atoms with Gasteiger partial charge in [-0.3, -0.25) is 14.2 Å². The minimum Gasteiger partial charge on any atom is -0.372 e. The van der Waals surface area contributed by atoms with E-state index >= 15 is 0 Å². The molecule has 4 nitrogen and oxygen atoms in total. The van der Waals surface area contributed by atoms with Crippen LogP contribution < -0.4 is 0 Å². The third kappa shape index (κ3) is 6.33. The molecule has 0 aromatic rings. The minimum atomic E-state index is -8.54. The highest BCUT2D eigenvalue weighted by atomic mass is 19.4. The summed E-state index contributed by atoms with van der Waals surface area (Å²) in [5.74, 6) is -30.5. The number of alkyl halides is 22. The Balaban J connectivity index is 3.76. The Morgan fingerprint density at radius 3 is 1.17 bits per heavy atom. The molecule has 1 fully saturated rings. The lowest BCUT2D eigenvalue weighted by molar-refractivity contribution is -0.578. The highest BCUT2D eigenvalue weighted by Gasteiger charge is 2.88. The number of hydrogen-bond acceptors (Lipinski definition) is 4. The molecule has 1 heterocycles. The van der Waals surface area contributed by atoms with Crippen molar-refractivity contribution in [1.82, 2.24) is 0 Å². The molecule has 0 bridgehead atoms. The highest BCUT2D eigenvalue weighted by molar-refractivity contribution is 4.98. The zero-order valence-electron chi connectivity index (χ0n) is 18.2. The normalized spacial score (nSPS) is 23.3. The Hall–Kier alpha value is -1.70. The second-order valence-electron chi connectivity index (χ2n) is 7.61. The van der Waals surface area contributed by atoms with E-state index in [0.29, 0.717) is 0 Å². The van der Waals surface area contributed by atoms with Gasteiger partial charge in [0.05, 0.1) is 0 Å². The summed E-state index contributed by atoms with van der Waals surface area (Å²) in [5, 5.41) is 0. The molecule has 0 spiro atoms. The summed E-state index contributed by atoms with van der Waals surface area (Å²) >= 11 is 0. The first-order valence-electron chi connectivity index (χ1n) is 9.45. The topological polar surface area (TPSA) is 36.9 Å². The monoisotopic (exact) mass is 670 g/mol. The summed E-state index contributed by atoms with van der Waals surface area (Å²) in [7, 11) is 0. The zero-order valence-corrected chi connectivity index (χ0v) is 18.2. The summed E-state index contributed by atoms with van der Waals surface area (Å²) in [4.78, 5) is 0. The first-order valence-corrected chi connectivity index (χ1v) is 9.45. The van der Waals surface area contributed by atoms with Crippen molar-refractivity contribution < 1.29 is 116 Å². The molecule has 0 N–H and O–H groups in total. The van der Waals surface area contributed by atoms with E-state index in [1.807, 2.05) is 0 Å². The Kier molecular flexibility index (Phi) is 9.54. The summed E-state index contributed by atoms with van der Waals surface area (Å²) < 4.78 is 300. The molecular formula is C15H8F22O4. The Morgan fingerprint density at radius 2 is 0.878 bits per heavy atom. The maximum absolute atomic E-state index is 14.4. The van der Waals surface area contributed by atoms with Crippen molar-refractivity contribution >= 4 is 0 Å². The molecule has 41 heavy (non-hydrogen) atoms. The fourth-order valence-corrected chi connectivity index (χ4v) is 2.61. The fraction of sp³-hybridized carbons (Fsp3) is 1.00. The van der Waals surface area contributed by atoms with Crippen molar-refractivity contribution in [2.24, 2.45) is 0 Å². The van der Waals surface area contributed by atoms with Crippen molar-refractivity contribution in [2.75, 3.05) is 6.61 Å². The number of halogens is 22. The van der Waals surface area contributed by atoms with Crippen molar-refractivity contribution in [1.29, 1.82) is 0 Å². The van der Waals surface area contributed by atoms with Crippen LogP contribution in [0.25, 0.3) is 0 Å². The standard InChI is InChI=1S/C15H8F22O4/c16-5(17)6(18,4-2-1-3-38-4)39-14(34,35)8(21,11(26,27)28)41-15(36,37)9(22,12(29,30)31)40-13(32,33)7(19,20)10(23,24)25/h4-5H,1-3H2. The lowest BCUT2D eigenvalue weighted by Crippen LogP contribution is -2.70. The van der Waals surface area contributed by atoms with E-state index in [4.69, 9.17) is 0 Å². The van der Waals surface area contributed by atoms with Crippen molar-refractivity contribution in [3.63, 3.8) is 0 Å². The van der Waals surface area contributed by atoms with Gasteiger partial charge in [-0.05, 0) is 12.8 Å². The van der Waals surface area contributed by atoms with E-state index < -0.39 is 92.3 Å². The molecule has 1 aliphatic heterocycles. The Morgan fingerprint density at radius 1 is 0.512 bits per heavy atom. The van der Waals surface area contributed by atoms with Crippen LogP contribution in [0.1, 0.15) is 12.8 Å². The van der Waals surface area contributed by atoms with Crippen molar-refractivity contribution in [3.05, 3.63) is 0 Å². The van der Waals surface area contributed by atoms with Gasteiger partial charge in [-0.1, -0.05) is 0 Å². The molecule has 246 valence electrons. The quantitative estimate of drug-likeness (QED) is 0.213. The smallest absolute Gasteiger partial charge is 0.372 e. The summed E-state index contributed by atoms with van der Waals surface area (Å²) in [6.45, 7) is -0.837. The minimum absolute atomic E-state index is 0.559. The molecule has 1 aliphatic rings. The van der Waals surface area contributed by atoms with Crippen LogP contribution in [0.2, 0.25) is 0 Å². The molecule has 4 atom stereocenters. The molecule has 0 saturated carbocycles. The first-order chi connectivity index (χ1) is 17.7. The van der Waals surface area contributed by atoms with Gasteiger partial charge in [0.2, 0.25) is 0 Å². The zero-order chi connectivity index (χ0) is 33.1. The second-order valence-corrected chi connectivity index (χ2v) is 7.61. The number of hydrogen-bond donors (Lipinski definition) is 0. The third-order valence-electron chi connectivity index (χ3n) is 4.69. The van der Waals surface area contributed by atoms with Crippen LogP contribution in [0, 0.1) is 0 Å². The van der Waals surface area contributed by atoms with E-state index in [1.54, 1.807) is 0 Å². The SMILES string of the molecule is FC(F)C(F)(OC(F)(F)C(F)(OC(F)(F)C(F)(OC(F)(F)C(F)(F)C(F)(F)F)C(F)(F)F)C(F)(F)F)C1CCCO1. The predicted octanol–water partition coefficient (Wildman–Crippen LogP) is 7.58. The lowest BCUT2D eigenvalue weighted by atomic mass is 10.1. The van der Waals surface area contributed by atoms with Crippen LogP contribution in [0.3, 0.4) is 0 Å². The third-order valence-corrected chi connectivity index (χ3v) is 4.69. The van der Waals surface area contributed by atoms with Crippen LogP contribution in [-0.4, -0.2) is 79.5 Å².